The monoisotopic (exact) mass is 279 g/mol. The van der Waals surface area contributed by atoms with Gasteiger partial charge in [-0.05, 0) is 37.0 Å². The van der Waals surface area contributed by atoms with Gasteiger partial charge in [0.15, 0.2) is 6.61 Å². The van der Waals surface area contributed by atoms with Crippen LogP contribution >= 0.6 is 0 Å². The van der Waals surface area contributed by atoms with Crippen molar-refractivity contribution in [3.63, 3.8) is 0 Å². The lowest BCUT2D eigenvalue weighted by molar-refractivity contribution is -0.125. The maximum absolute atomic E-state index is 11.9. The fourth-order valence-electron chi connectivity index (χ4n) is 1.99. The van der Waals surface area contributed by atoms with Crippen molar-refractivity contribution >= 4 is 5.91 Å². The molecule has 4 heteroatoms. The van der Waals surface area contributed by atoms with Crippen LogP contribution in [0.3, 0.4) is 0 Å². The van der Waals surface area contributed by atoms with Crippen LogP contribution in [0.15, 0.2) is 24.3 Å². The molecular formula is C16H25NO3. The molecule has 0 aliphatic carbocycles. The number of ether oxygens (including phenoxy) is 1. The fourth-order valence-corrected chi connectivity index (χ4v) is 1.99. The van der Waals surface area contributed by atoms with E-state index in [2.05, 4.69) is 12.2 Å². The minimum Gasteiger partial charge on any atom is -0.484 e. The summed E-state index contributed by atoms with van der Waals surface area (Å²) in [6.07, 6.45) is 2.36. The van der Waals surface area contributed by atoms with Crippen molar-refractivity contribution in [3.05, 3.63) is 29.8 Å². The van der Waals surface area contributed by atoms with Crippen LogP contribution in [-0.2, 0) is 11.2 Å². The fraction of sp³-hybridized carbons (Fsp3) is 0.562. The zero-order chi connectivity index (χ0) is 15.0. The lowest BCUT2D eigenvalue weighted by Gasteiger charge is -2.30. The maximum Gasteiger partial charge on any atom is 0.258 e. The van der Waals surface area contributed by atoms with Gasteiger partial charge in [-0.25, -0.2) is 0 Å². The Morgan fingerprint density at radius 3 is 2.25 bits per heavy atom. The maximum atomic E-state index is 11.9. The molecule has 0 radical (unpaired) electrons. The van der Waals surface area contributed by atoms with Gasteiger partial charge >= 0.3 is 0 Å². The molecule has 0 atom stereocenters. The van der Waals surface area contributed by atoms with E-state index >= 15 is 0 Å². The van der Waals surface area contributed by atoms with Crippen LogP contribution in [0.1, 0.15) is 39.2 Å². The Labute approximate surface area is 121 Å². The molecule has 0 spiro atoms. The van der Waals surface area contributed by atoms with Crippen LogP contribution < -0.4 is 10.1 Å². The summed E-state index contributed by atoms with van der Waals surface area (Å²) < 4.78 is 5.45. The van der Waals surface area contributed by atoms with Crippen LogP contribution in [0, 0.1) is 0 Å². The second-order valence-corrected chi connectivity index (χ2v) is 4.98. The molecule has 2 N–H and O–H groups in total. The number of amides is 1. The molecule has 0 aliphatic heterocycles. The number of carbonyl (C=O) groups is 1. The van der Waals surface area contributed by atoms with Gasteiger partial charge in [0, 0.05) is 0 Å². The van der Waals surface area contributed by atoms with Gasteiger partial charge in [-0.1, -0.05) is 32.9 Å². The highest BCUT2D eigenvalue weighted by atomic mass is 16.5. The number of carbonyl (C=O) groups excluding carboxylic acids is 1. The van der Waals surface area contributed by atoms with Gasteiger partial charge in [0.25, 0.3) is 5.91 Å². The van der Waals surface area contributed by atoms with Crippen molar-refractivity contribution < 1.29 is 14.6 Å². The number of aliphatic hydroxyl groups is 1. The Bertz CT molecular complexity index is 402. The van der Waals surface area contributed by atoms with Crippen molar-refractivity contribution in [2.45, 2.75) is 45.6 Å². The molecule has 20 heavy (non-hydrogen) atoms. The van der Waals surface area contributed by atoms with E-state index in [-0.39, 0.29) is 19.1 Å². The first-order valence-corrected chi connectivity index (χ1v) is 7.22. The smallest absolute Gasteiger partial charge is 0.258 e. The van der Waals surface area contributed by atoms with Crippen LogP contribution in [-0.4, -0.2) is 29.8 Å². The third kappa shape index (κ3) is 4.53. The number of rotatable bonds is 8. The molecular weight excluding hydrogens is 254 g/mol. The van der Waals surface area contributed by atoms with Crippen molar-refractivity contribution in [2.75, 3.05) is 13.2 Å². The molecule has 0 heterocycles. The summed E-state index contributed by atoms with van der Waals surface area (Å²) in [6.45, 7) is 5.89. The SMILES string of the molecule is CCc1ccc(OCC(=O)NC(CC)(CC)CO)cc1. The normalized spacial score (nSPS) is 11.2. The van der Waals surface area contributed by atoms with E-state index in [0.717, 1.165) is 6.42 Å². The Morgan fingerprint density at radius 1 is 1.20 bits per heavy atom. The van der Waals surface area contributed by atoms with E-state index in [1.54, 1.807) is 0 Å². The zero-order valence-electron chi connectivity index (χ0n) is 12.6. The van der Waals surface area contributed by atoms with Gasteiger partial charge in [-0.3, -0.25) is 4.79 Å². The molecule has 1 aromatic rings. The third-order valence-electron chi connectivity index (χ3n) is 3.76. The summed E-state index contributed by atoms with van der Waals surface area (Å²) in [5, 5.41) is 12.3. The molecule has 1 aromatic carbocycles. The summed E-state index contributed by atoms with van der Waals surface area (Å²) in [6, 6.07) is 7.71. The largest absolute Gasteiger partial charge is 0.484 e. The third-order valence-corrected chi connectivity index (χ3v) is 3.76. The Kier molecular flexibility index (Phi) is 6.52. The van der Waals surface area contributed by atoms with E-state index in [0.29, 0.717) is 18.6 Å². The van der Waals surface area contributed by atoms with Gasteiger partial charge in [0.2, 0.25) is 0 Å². The van der Waals surface area contributed by atoms with Gasteiger partial charge in [0.05, 0.1) is 12.1 Å². The summed E-state index contributed by atoms with van der Waals surface area (Å²) in [4.78, 5) is 11.9. The number of benzene rings is 1. The van der Waals surface area contributed by atoms with Crippen molar-refractivity contribution in [2.24, 2.45) is 0 Å². The lowest BCUT2D eigenvalue weighted by atomic mass is 9.94. The molecule has 4 nitrogen and oxygen atoms in total. The number of aryl methyl sites for hydroxylation is 1. The molecule has 0 bridgehead atoms. The summed E-state index contributed by atoms with van der Waals surface area (Å²) >= 11 is 0. The number of hydrogen-bond acceptors (Lipinski definition) is 3. The highest BCUT2D eigenvalue weighted by Gasteiger charge is 2.27. The number of nitrogens with one attached hydrogen (secondary N) is 1. The van der Waals surface area contributed by atoms with Gasteiger partial charge in [0.1, 0.15) is 5.75 Å². The molecule has 1 rings (SSSR count). The van der Waals surface area contributed by atoms with Crippen LogP contribution in [0.4, 0.5) is 0 Å². The van der Waals surface area contributed by atoms with Gasteiger partial charge in [-0.15, -0.1) is 0 Å². The van der Waals surface area contributed by atoms with Crippen LogP contribution in [0.5, 0.6) is 5.75 Å². The molecule has 1 amide bonds. The molecule has 0 aromatic heterocycles. The highest BCUT2D eigenvalue weighted by Crippen LogP contribution is 2.15. The minimum atomic E-state index is -0.535. The van der Waals surface area contributed by atoms with E-state index in [1.807, 2.05) is 38.1 Å². The molecule has 0 saturated carbocycles. The Balaban J connectivity index is 2.50. The van der Waals surface area contributed by atoms with E-state index in [9.17, 15) is 9.90 Å². The minimum absolute atomic E-state index is 0.0345. The van der Waals surface area contributed by atoms with E-state index < -0.39 is 5.54 Å². The molecule has 0 saturated heterocycles. The van der Waals surface area contributed by atoms with Gasteiger partial charge < -0.3 is 15.2 Å². The average Bonchev–Trinajstić information content (AvgIpc) is 2.51. The van der Waals surface area contributed by atoms with E-state index in [1.165, 1.54) is 5.56 Å². The second kappa shape index (κ2) is 7.90. The lowest BCUT2D eigenvalue weighted by Crippen LogP contribution is -2.51. The van der Waals surface area contributed by atoms with Crippen LogP contribution in [0.25, 0.3) is 0 Å². The summed E-state index contributed by atoms with van der Waals surface area (Å²) in [5.41, 5.74) is 0.699. The predicted molar refractivity (Wildman–Crippen MR) is 79.9 cm³/mol. The topological polar surface area (TPSA) is 58.6 Å². The van der Waals surface area contributed by atoms with Crippen LogP contribution in [0.2, 0.25) is 0 Å². The molecule has 0 unspecified atom stereocenters. The molecule has 0 aliphatic rings. The van der Waals surface area contributed by atoms with E-state index in [4.69, 9.17) is 4.74 Å². The first-order valence-electron chi connectivity index (χ1n) is 7.22. The zero-order valence-corrected chi connectivity index (χ0v) is 12.6. The van der Waals surface area contributed by atoms with Crippen molar-refractivity contribution in [3.8, 4) is 5.75 Å². The standard InChI is InChI=1S/C16H25NO3/c1-4-13-7-9-14(10-8-13)20-11-15(19)17-16(5-2,6-3)12-18/h7-10,18H,4-6,11-12H2,1-3H3,(H,17,19). The molecule has 112 valence electrons. The Hall–Kier alpha value is -1.55. The highest BCUT2D eigenvalue weighted by molar-refractivity contribution is 5.78. The second-order valence-electron chi connectivity index (χ2n) is 4.98. The van der Waals surface area contributed by atoms with Gasteiger partial charge in [-0.2, -0.15) is 0 Å². The summed E-state index contributed by atoms with van der Waals surface area (Å²) in [7, 11) is 0. The van der Waals surface area contributed by atoms with Crippen molar-refractivity contribution in [1.82, 2.24) is 5.32 Å². The first kappa shape index (κ1) is 16.5. The first-order chi connectivity index (χ1) is 9.59. The number of hydrogen-bond donors (Lipinski definition) is 2. The Morgan fingerprint density at radius 2 is 1.80 bits per heavy atom. The molecule has 0 fully saturated rings. The quantitative estimate of drug-likeness (QED) is 0.767. The summed E-state index contributed by atoms with van der Waals surface area (Å²) in [5.74, 6) is 0.474. The number of aliphatic hydroxyl groups excluding tert-OH is 1. The average molecular weight is 279 g/mol. The van der Waals surface area contributed by atoms with Crippen molar-refractivity contribution in [1.29, 1.82) is 0 Å². The predicted octanol–water partition coefficient (Wildman–Crippen LogP) is 2.30.